The fourth-order valence-electron chi connectivity index (χ4n) is 2.37. The first kappa shape index (κ1) is 15.5. The molecule has 0 atom stereocenters. The predicted octanol–water partition coefficient (Wildman–Crippen LogP) is 4.42. The Bertz CT molecular complexity index is 438. The monoisotopic (exact) mass is 259 g/mol. The van der Waals surface area contributed by atoms with Gasteiger partial charge in [-0.3, -0.25) is 4.79 Å². The minimum atomic E-state index is 0.0765. The highest BCUT2D eigenvalue weighted by molar-refractivity contribution is 5.87. The molecule has 0 radical (unpaired) electrons. The number of ketones is 1. The number of nitrogens with one attached hydrogen (secondary N) is 1. The van der Waals surface area contributed by atoms with E-state index in [4.69, 9.17) is 0 Å². The average molecular weight is 259 g/mol. The molecule has 0 saturated heterocycles. The van der Waals surface area contributed by atoms with Crippen molar-refractivity contribution in [3.05, 3.63) is 47.3 Å². The molecule has 0 heterocycles. The molecule has 0 unspecified atom stereocenters. The van der Waals surface area contributed by atoms with Gasteiger partial charge >= 0.3 is 0 Å². The molecule has 2 heteroatoms. The van der Waals surface area contributed by atoms with Crippen molar-refractivity contribution in [2.24, 2.45) is 0 Å². The molecule has 0 aliphatic heterocycles. The molecule has 0 aromatic rings. The van der Waals surface area contributed by atoms with Crippen LogP contribution in [0.4, 0.5) is 0 Å². The molecule has 0 bridgehead atoms. The van der Waals surface area contributed by atoms with E-state index in [0.29, 0.717) is 0 Å². The van der Waals surface area contributed by atoms with Crippen LogP contribution in [0.3, 0.4) is 0 Å². The highest BCUT2D eigenvalue weighted by Gasteiger charge is 2.08. The zero-order valence-electron chi connectivity index (χ0n) is 12.4. The Kier molecular flexibility index (Phi) is 6.34. The van der Waals surface area contributed by atoms with Crippen LogP contribution in [-0.2, 0) is 4.79 Å². The van der Waals surface area contributed by atoms with Gasteiger partial charge in [0, 0.05) is 17.5 Å². The summed E-state index contributed by atoms with van der Waals surface area (Å²) in [6, 6.07) is 0. The lowest BCUT2D eigenvalue weighted by Crippen LogP contribution is -2.12. The third-order valence-corrected chi connectivity index (χ3v) is 3.16. The molecule has 1 rings (SSSR count). The summed E-state index contributed by atoms with van der Waals surface area (Å²) in [4.78, 5) is 11.2. The van der Waals surface area contributed by atoms with Crippen LogP contribution in [0.25, 0.3) is 0 Å². The Morgan fingerprint density at radius 1 is 1.32 bits per heavy atom. The van der Waals surface area contributed by atoms with Gasteiger partial charge in [-0.2, -0.15) is 0 Å². The molecule has 0 saturated carbocycles. The number of allylic oxidation sites excluding steroid dienone is 7. The van der Waals surface area contributed by atoms with Gasteiger partial charge in [-0.1, -0.05) is 25.7 Å². The van der Waals surface area contributed by atoms with E-state index in [0.717, 1.165) is 43.5 Å². The van der Waals surface area contributed by atoms with Gasteiger partial charge in [-0.15, -0.1) is 0 Å². The summed E-state index contributed by atoms with van der Waals surface area (Å²) < 4.78 is 0. The molecule has 0 fully saturated rings. The average Bonchev–Trinajstić information content (AvgIpc) is 2.35. The molecule has 0 amide bonds. The lowest BCUT2D eigenvalue weighted by molar-refractivity contribution is -0.112. The van der Waals surface area contributed by atoms with Gasteiger partial charge < -0.3 is 5.32 Å². The van der Waals surface area contributed by atoms with Crippen LogP contribution in [-0.4, -0.2) is 5.78 Å². The standard InChI is InChI=1S/C17H25NO/c1-5-15-8-6-7-9-16(15)10-11-17(12-14(4)19)18-13(2)3/h8-9,12,18H,2,5-7,10-11H2,1,3-4H3/b17-12-. The Hall–Kier alpha value is -1.57. The summed E-state index contributed by atoms with van der Waals surface area (Å²) >= 11 is 0. The van der Waals surface area contributed by atoms with E-state index in [2.05, 4.69) is 31.0 Å². The van der Waals surface area contributed by atoms with Crippen molar-refractivity contribution in [1.29, 1.82) is 0 Å². The molecule has 19 heavy (non-hydrogen) atoms. The second kappa shape index (κ2) is 7.78. The van der Waals surface area contributed by atoms with Gasteiger partial charge in [0.15, 0.2) is 5.78 Å². The summed E-state index contributed by atoms with van der Waals surface area (Å²) in [7, 11) is 0. The Morgan fingerprint density at radius 2 is 1.95 bits per heavy atom. The smallest absolute Gasteiger partial charge is 0.154 e. The second-order valence-corrected chi connectivity index (χ2v) is 5.08. The first-order valence-electron chi connectivity index (χ1n) is 7.05. The third-order valence-electron chi connectivity index (χ3n) is 3.16. The first-order chi connectivity index (χ1) is 9.02. The summed E-state index contributed by atoms with van der Waals surface area (Å²) in [5, 5.41) is 3.18. The summed E-state index contributed by atoms with van der Waals surface area (Å²) in [6.07, 6.45) is 11.6. The Morgan fingerprint density at radius 3 is 2.47 bits per heavy atom. The molecular weight excluding hydrogens is 234 g/mol. The van der Waals surface area contributed by atoms with E-state index in [1.54, 1.807) is 13.0 Å². The van der Waals surface area contributed by atoms with Crippen molar-refractivity contribution >= 4 is 5.78 Å². The summed E-state index contributed by atoms with van der Waals surface area (Å²) in [5.41, 5.74) is 4.73. The molecular formula is C17H25NO. The maximum absolute atomic E-state index is 11.2. The van der Waals surface area contributed by atoms with E-state index in [1.807, 2.05) is 6.92 Å². The second-order valence-electron chi connectivity index (χ2n) is 5.08. The molecule has 1 aliphatic carbocycles. The van der Waals surface area contributed by atoms with Gasteiger partial charge in [0.25, 0.3) is 0 Å². The maximum Gasteiger partial charge on any atom is 0.154 e. The number of hydrogen-bond acceptors (Lipinski definition) is 2. The topological polar surface area (TPSA) is 29.1 Å². The van der Waals surface area contributed by atoms with Gasteiger partial charge in [0.2, 0.25) is 0 Å². The Balaban J connectivity index is 2.66. The molecule has 0 spiro atoms. The molecule has 1 aliphatic rings. The molecule has 104 valence electrons. The largest absolute Gasteiger partial charge is 0.363 e. The van der Waals surface area contributed by atoms with Crippen molar-refractivity contribution < 1.29 is 4.79 Å². The highest BCUT2D eigenvalue weighted by atomic mass is 16.1. The van der Waals surface area contributed by atoms with Crippen molar-refractivity contribution in [2.45, 2.75) is 52.9 Å². The predicted molar refractivity (Wildman–Crippen MR) is 81.6 cm³/mol. The first-order valence-corrected chi connectivity index (χ1v) is 7.05. The van der Waals surface area contributed by atoms with Gasteiger partial charge in [-0.25, -0.2) is 0 Å². The minimum absolute atomic E-state index is 0.0765. The van der Waals surface area contributed by atoms with E-state index < -0.39 is 0 Å². The lowest BCUT2D eigenvalue weighted by atomic mass is 9.92. The quantitative estimate of drug-likeness (QED) is 0.686. The van der Waals surface area contributed by atoms with Crippen molar-refractivity contribution in [3.63, 3.8) is 0 Å². The zero-order chi connectivity index (χ0) is 14.3. The number of carbonyl (C=O) groups is 1. The minimum Gasteiger partial charge on any atom is -0.363 e. The van der Waals surface area contributed by atoms with Gasteiger partial charge in [0.1, 0.15) is 0 Å². The fourth-order valence-corrected chi connectivity index (χ4v) is 2.37. The van der Waals surface area contributed by atoms with Crippen LogP contribution in [0.1, 0.15) is 52.9 Å². The molecule has 0 aromatic heterocycles. The van der Waals surface area contributed by atoms with E-state index >= 15 is 0 Å². The van der Waals surface area contributed by atoms with Crippen LogP contribution in [0.5, 0.6) is 0 Å². The van der Waals surface area contributed by atoms with Crippen LogP contribution in [0.15, 0.2) is 47.3 Å². The number of rotatable bonds is 7. The van der Waals surface area contributed by atoms with E-state index in [1.165, 1.54) is 11.1 Å². The fraction of sp³-hybridized carbons (Fsp3) is 0.471. The summed E-state index contributed by atoms with van der Waals surface area (Å²) in [6.45, 7) is 9.53. The van der Waals surface area contributed by atoms with E-state index in [9.17, 15) is 4.79 Å². The van der Waals surface area contributed by atoms with Crippen LogP contribution >= 0.6 is 0 Å². The number of carbonyl (C=O) groups excluding carboxylic acids is 1. The maximum atomic E-state index is 11.2. The van der Waals surface area contributed by atoms with Gasteiger partial charge in [0.05, 0.1) is 0 Å². The number of hydrogen-bond donors (Lipinski definition) is 1. The lowest BCUT2D eigenvalue weighted by Gasteiger charge is -2.17. The zero-order valence-corrected chi connectivity index (χ0v) is 12.4. The molecule has 2 nitrogen and oxygen atoms in total. The Labute approximate surface area is 117 Å². The van der Waals surface area contributed by atoms with Crippen LogP contribution < -0.4 is 5.32 Å². The van der Waals surface area contributed by atoms with E-state index in [-0.39, 0.29) is 5.78 Å². The SMILES string of the molecule is C=C(C)N/C(=C\C(C)=O)CCC1=CCCC=C1CC. The third kappa shape index (κ3) is 5.73. The van der Waals surface area contributed by atoms with Crippen molar-refractivity contribution in [3.8, 4) is 0 Å². The normalized spacial score (nSPS) is 15.6. The van der Waals surface area contributed by atoms with Crippen molar-refractivity contribution in [1.82, 2.24) is 5.32 Å². The van der Waals surface area contributed by atoms with Crippen LogP contribution in [0.2, 0.25) is 0 Å². The summed E-state index contributed by atoms with van der Waals surface area (Å²) in [5.74, 6) is 0.0765. The highest BCUT2D eigenvalue weighted by Crippen LogP contribution is 2.26. The van der Waals surface area contributed by atoms with Crippen LogP contribution in [0, 0.1) is 0 Å². The molecule has 1 N–H and O–H groups in total. The molecule has 0 aromatic carbocycles. The van der Waals surface area contributed by atoms with Gasteiger partial charge in [-0.05, 0) is 57.1 Å². The van der Waals surface area contributed by atoms with Crippen molar-refractivity contribution in [2.75, 3.05) is 0 Å².